The molecule has 0 saturated heterocycles. The Morgan fingerprint density at radius 3 is 2.75 bits per heavy atom. The highest BCUT2D eigenvalue weighted by molar-refractivity contribution is 6.00. The van der Waals surface area contributed by atoms with E-state index in [9.17, 15) is 9.18 Å². The quantitative estimate of drug-likeness (QED) is 0.881. The number of nitrogens with two attached hydrogens (primary N) is 1. The van der Waals surface area contributed by atoms with Gasteiger partial charge in [-0.1, -0.05) is 24.3 Å². The molecule has 4 heteroatoms. The molecule has 0 aliphatic carbocycles. The molecule has 1 amide bonds. The number of hydrogen-bond donors (Lipinski definition) is 2. The number of carbonyl (C=O) groups is 1. The minimum Gasteiger partial charge on any atom is -0.325 e. The molecule has 3 N–H and O–H groups in total. The van der Waals surface area contributed by atoms with Crippen LogP contribution in [-0.4, -0.2) is 5.91 Å². The largest absolute Gasteiger partial charge is 0.325 e. The molecule has 0 radical (unpaired) electrons. The molecule has 0 spiro atoms. The lowest BCUT2D eigenvalue weighted by molar-refractivity contribution is -0.115. The zero-order valence-electron chi connectivity index (χ0n) is 11.1. The third kappa shape index (κ3) is 2.08. The Hall–Kier alpha value is -2.20. The molecule has 0 fully saturated rings. The second-order valence-corrected chi connectivity index (χ2v) is 5.09. The monoisotopic (exact) mass is 270 g/mol. The van der Waals surface area contributed by atoms with E-state index in [2.05, 4.69) is 5.32 Å². The van der Waals surface area contributed by atoms with E-state index in [-0.39, 0.29) is 18.1 Å². The van der Waals surface area contributed by atoms with E-state index in [0.29, 0.717) is 16.8 Å². The topological polar surface area (TPSA) is 55.1 Å². The minimum atomic E-state index is -0.459. The van der Waals surface area contributed by atoms with Crippen LogP contribution in [0.4, 0.5) is 10.1 Å². The molecular formula is C16H15FN2O. The van der Waals surface area contributed by atoms with Crippen molar-refractivity contribution in [1.82, 2.24) is 0 Å². The van der Waals surface area contributed by atoms with E-state index in [1.54, 1.807) is 0 Å². The highest BCUT2D eigenvalue weighted by Gasteiger charge is 2.25. The van der Waals surface area contributed by atoms with Gasteiger partial charge >= 0.3 is 0 Å². The van der Waals surface area contributed by atoms with Gasteiger partial charge in [0.15, 0.2) is 0 Å². The molecular weight excluding hydrogens is 255 g/mol. The Kier molecular flexibility index (Phi) is 3.03. The van der Waals surface area contributed by atoms with Gasteiger partial charge in [0.05, 0.1) is 12.5 Å². The molecule has 1 heterocycles. The van der Waals surface area contributed by atoms with Crippen molar-refractivity contribution in [2.75, 3.05) is 5.32 Å². The Bertz CT molecular complexity index is 697. The van der Waals surface area contributed by atoms with E-state index in [4.69, 9.17) is 5.73 Å². The summed E-state index contributed by atoms with van der Waals surface area (Å²) in [6.45, 7) is 1.97. The minimum absolute atomic E-state index is 0.121. The first-order chi connectivity index (χ1) is 9.56. The van der Waals surface area contributed by atoms with Crippen LogP contribution in [0.25, 0.3) is 0 Å². The van der Waals surface area contributed by atoms with Gasteiger partial charge in [-0.05, 0) is 35.7 Å². The Morgan fingerprint density at radius 1 is 1.25 bits per heavy atom. The fraction of sp³-hybridized carbons (Fsp3) is 0.188. The van der Waals surface area contributed by atoms with Gasteiger partial charge in [0.1, 0.15) is 5.82 Å². The average molecular weight is 270 g/mol. The lowest BCUT2D eigenvalue weighted by atomic mass is 9.93. The van der Waals surface area contributed by atoms with Gasteiger partial charge in [-0.3, -0.25) is 4.79 Å². The van der Waals surface area contributed by atoms with Crippen molar-refractivity contribution in [2.45, 2.75) is 19.4 Å². The molecule has 1 atom stereocenters. The number of carbonyl (C=O) groups excluding carboxylic acids is 1. The molecule has 1 unspecified atom stereocenters. The molecule has 1 aliphatic rings. The van der Waals surface area contributed by atoms with Crippen molar-refractivity contribution in [3.8, 4) is 0 Å². The van der Waals surface area contributed by atoms with Gasteiger partial charge in [-0.25, -0.2) is 4.39 Å². The molecule has 20 heavy (non-hydrogen) atoms. The second kappa shape index (κ2) is 4.72. The van der Waals surface area contributed by atoms with Crippen molar-refractivity contribution in [2.24, 2.45) is 5.73 Å². The first-order valence-electron chi connectivity index (χ1n) is 6.49. The van der Waals surface area contributed by atoms with Crippen LogP contribution >= 0.6 is 0 Å². The number of benzene rings is 2. The van der Waals surface area contributed by atoms with E-state index < -0.39 is 6.04 Å². The summed E-state index contributed by atoms with van der Waals surface area (Å²) in [5, 5.41) is 2.78. The highest BCUT2D eigenvalue weighted by Crippen LogP contribution is 2.34. The van der Waals surface area contributed by atoms with E-state index in [1.165, 1.54) is 12.1 Å². The SMILES string of the molecule is Cc1ccccc1C(N)c1cc(F)cc2c1NC(=O)C2. The molecule has 3 rings (SSSR count). The maximum Gasteiger partial charge on any atom is 0.228 e. The van der Waals surface area contributed by atoms with Gasteiger partial charge in [0.25, 0.3) is 0 Å². The van der Waals surface area contributed by atoms with Crippen molar-refractivity contribution in [3.63, 3.8) is 0 Å². The Labute approximate surface area is 116 Å². The predicted molar refractivity (Wildman–Crippen MR) is 75.9 cm³/mol. The van der Waals surface area contributed by atoms with Gasteiger partial charge < -0.3 is 11.1 Å². The number of rotatable bonds is 2. The van der Waals surface area contributed by atoms with Gasteiger partial charge in [0, 0.05) is 11.3 Å². The lowest BCUT2D eigenvalue weighted by Gasteiger charge is -2.18. The van der Waals surface area contributed by atoms with Crippen molar-refractivity contribution in [3.05, 3.63) is 64.5 Å². The average Bonchev–Trinajstić information content (AvgIpc) is 2.77. The molecule has 1 aliphatic heterocycles. The number of hydrogen-bond acceptors (Lipinski definition) is 2. The summed E-state index contributed by atoms with van der Waals surface area (Å²) in [6, 6.07) is 10.1. The van der Waals surface area contributed by atoms with Gasteiger partial charge in [-0.2, -0.15) is 0 Å². The molecule has 2 aromatic rings. The summed E-state index contributed by atoms with van der Waals surface area (Å²) < 4.78 is 13.7. The highest BCUT2D eigenvalue weighted by atomic mass is 19.1. The van der Waals surface area contributed by atoms with Gasteiger partial charge in [0.2, 0.25) is 5.91 Å². The molecule has 0 aromatic heterocycles. The van der Waals surface area contributed by atoms with Crippen LogP contribution in [0.2, 0.25) is 0 Å². The molecule has 2 aromatic carbocycles. The summed E-state index contributed by atoms with van der Waals surface area (Å²) in [5.41, 5.74) is 10.2. The fourth-order valence-corrected chi connectivity index (χ4v) is 2.68. The number of anilines is 1. The van der Waals surface area contributed by atoms with Crippen LogP contribution < -0.4 is 11.1 Å². The fourth-order valence-electron chi connectivity index (χ4n) is 2.68. The summed E-state index contributed by atoms with van der Waals surface area (Å²) >= 11 is 0. The third-order valence-corrected chi connectivity index (χ3v) is 3.69. The smallest absolute Gasteiger partial charge is 0.228 e. The van der Waals surface area contributed by atoms with Crippen LogP contribution in [0.15, 0.2) is 36.4 Å². The van der Waals surface area contributed by atoms with Crippen molar-refractivity contribution >= 4 is 11.6 Å². The first-order valence-corrected chi connectivity index (χ1v) is 6.49. The van der Waals surface area contributed by atoms with Crippen LogP contribution in [0.5, 0.6) is 0 Å². The number of fused-ring (bicyclic) bond motifs is 1. The maximum atomic E-state index is 13.7. The Balaban J connectivity index is 2.12. The van der Waals surface area contributed by atoms with E-state index in [0.717, 1.165) is 11.1 Å². The summed E-state index contributed by atoms with van der Waals surface area (Å²) in [7, 11) is 0. The lowest BCUT2D eigenvalue weighted by Crippen LogP contribution is -2.16. The zero-order valence-corrected chi connectivity index (χ0v) is 11.1. The zero-order chi connectivity index (χ0) is 14.3. The number of amides is 1. The molecule has 3 nitrogen and oxygen atoms in total. The third-order valence-electron chi connectivity index (χ3n) is 3.69. The van der Waals surface area contributed by atoms with E-state index >= 15 is 0 Å². The number of halogens is 1. The molecule has 102 valence electrons. The standard InChI is InChI=1S/C16H15FN2O/c1-9-4-2-3-5-12(9)15(18)13-8-11(17)6-10-7-14(20)19-16(10)13/h2-6,8,15H,7,18H2,1H3,(H,19,20). The number of nitrogens with one attached hydrogen (secondary N) is 1. The van der Waals surface area contributed by atoms with Crippen LogP contribution in [-0.2, 0) is 11.2 Å². The predicted octanol–water partition coefficient (Wildman–Crippen LogP) is 2.68. The summed E-state index contributed by atoms with van der Waals surface area (Å²) in [5.74, 6) is -0.483. The van der Waals surface area contributed by atoms with E-state index in [1.807, 2.05) is 31.2 Å². The van der Waals surface area contributed by atoms with Crippen molar-refractivity contribution in [1.29, 1.82) is 0 Å². The second-order valence-electron chi connectivity index (χ2n) is 5.09. The Morgan fingerprint density at radius 2 is 2.00 bits per heavy atom. The molecule has 0 saturated carbocycles. The van der Waals surface area contributed by atoms with Crippen LogP contribution in [0.1, 0.15) is 28.3 Å². The van der Waals surface area contributed by atoms with Crippen molar-refractivity contribution < 1.29 is 9.18 Å². The summed E-state index contributed by atoms with van der Waals surface area (Å²) in [6.07, 6.45) is 0.209. The number of aryl methyl sites for hydroxylation is 1. The maximum absolute atomic E-state index is 13.7. The summed E-state index contributed by atoms with van der Waals surface area (Å²) in [4.78, 5) is 11.5. The normalized spacial score (nSPS) is 14.8. The van der Waals surface area contributed by atoms with Crippen LogP contribution in [0, 0.1) is 12.7 Å². The van der Waals surface area contributed by atoms with Gasteiger partial charge in [-0.15, -0.1) is 0 Å². The van der Waals surface area contributed by atoms with Crippen LogP contribution in [0.3, 0.4) is 0 Å². The first kappa shape index (κ1) is 12.8. The molecule has 0 bridgehead atoms.